The molecule has 0 fully saturated rings. The first kappa shape index (κ1) is 17.6. The van der Waals surface area contributed by atoms with Crippen LogP contribution in [0.25, 0.3) is 0 Å². The van der Waals surface area contributed by atoms with Crippen molar-refractivity contribution in [3.63, 3.8) is 0 Å². The van der Waals surface area contributed by atoms with E-state index >= 15 is 0 Å². The van der Waals surface area contributed by atoms with Crippen LogP contribution >= 0.6 is 0 Å². The van der Waals surface area contributed by atoms with Crippen molar-refractivity contribution in [2.75, 3.05) is 19.8 Å². The minimum Gasteiger partial charge on any atom is -0.476 e. The smallest absolute Gasteiger partial charge is 0.362 e. The first-order valence-corrected chi connectivity index (χ1v) is 6.75. The third-order valence-corrected chi connectivity index (χ3v) is 2.97. The summed E-state index contributed by atoms with van der Waals surface area (Å²) in [6.07, 6.45) is 0. The third kappa shape index (κ3) is 3.77. The molecule has 2 aromatic rings. The number of carbonyl (C=O) groups is 2. The average molecular weight is 347 g/mol. The lowest BCUT2D eigenvalue weighted by Crippen LogP contribution is -2.21. The fourth-order valence-electron chi connectivity index (χ4n) is 1.88. The van der Waals surface area contributed by atoms with Gasteiger partial charge in [-0.3, -0.25) is 14.9 Å². The van der Waals surface area contributed by atoms with Crippen LogP contribution in [-0.2, 0) is 0 Å². The van der Waals surface area contributed by atoms with Crippen LogP contribution < -0.4 is 10.5 Å². The topological polar surface area (TPSA) is 162 Å². The molecule has 1 aromatic heterocycles. The molecule has 130 valence electrons. The first-order chi connectivity index (χ1) is 11.7. The fourth-order valence-corrected chi connectivity index (χ4v) is 1.88. The standard InChI is InChI=1S/C14H13N5O6/c1-18(2)12(20)7-4-3-5-8(6-7)25-14-16-9(13(21)22)10(19(23)24)11(15)17-14/h3-6H,1-2H3,(H,21,22)(H2,15,16,17). The zero-order chi connectivity index (χ0) is 18.7. The Morgan fingerprint density at radius 1 is 1.32 bits per heavy atom. The van der Waals surface area contributed by atoms with Crippen LogP contribution in [0.15, 0.2) is 24.3 Å². The van der Waals surface area contributed by atoms with Gasteiger partial charge < -0.3 is 20.5 Å². The molecule has 1 aromatic carbocycles. The van der Waals surface area contributed by atoms with Gasteiger partial charge in [-0.2, -0.15) is 9.97 Å². The SMILES string of the molecule is CN(C)C(=O)c1cccc(Oc2nc(N)c([N+](=O)[O-])c(C(=O)O)n2)c1. The Bertz CT molecular complexity index is 867. The third-order valence-electron chi connectivity index (χ3n) is 2.97. The highest BCUT2D eigenvalue weighted by Gasteiger charge is 2.28. The van der Waals surface area contributed by atoms with Crippen LogP contribution in [0.4, 0.5) is 11.5 Å². The van der Waals surface area contributed by atoms with Crippen LogP contribution in [-0.4, -0.2) is 50.9 Å². The molecule has 11 nitrogen and oxygen atoms in total. The number of carboxylic acid groups (broad SMARTS) is 1. The molecule has 0 aliphatic rings. The summed E-state index contributed by atoms with van der Waals surface area (Å²) in [6, 6.07) is 5.48. The van der Waals surface area contributed by atoms with Crippen molar-refractivity contribution in [2.24, 2.45) is 0 Å². The normalized spacial score (nSPS) is 10.2. The maximum atomic E-state index is 11.9. The second kappa shape index (κ2) is 6.78. The number of amides is 1. The molecule has 2 rings (SSSR count). The highest BCUT2D eigenvalue weighted by Crippen LogP contribution is 2.28. The highest BCUT2D eigenvalue weighted by molar-refractivity contribution is 5.94. The molecule has 0 spiro atoms. The molecular formula is C14H13N5O6. The maximum absolute atomic E-state index is 11.9. The van der Waals surface area contributed by atoms with Crippen molar-refractivity contribution in [2.45, 2.75) is 0 Å². The lowest BCUT2D eigenvalue weighted by molar-refractivity contribution is -0.384. The lowest BCUT2D eigenvalue weighted by atomic mass is 10.2. The van der Waals surface area contributed by atoms with Gasteiger partial charge in [-0.15, -0.1) is 0 Å². The van der Waals surface area contributed by atoms with Crippen molar-refractivity contribution in [3.05, 3.63) is 45.6 Å². The average Bonchev–Trinajstić information content (AvgIpc) is 2.53. The Kier molecular flexibility index (Phi) is 4.77. The van der Waals surface area contributed by atoms with E-state index in [4.69, 9.17) is 15.6 Å². The van der Waals surface area contributed by atoms with Crippen LogP contribution in [0, 0.1) is 10.1 Å². The van der Waals surface area contributed by atoms with Gasteiger partial charge in [-0.1, -0.05) is 6.07 Å². The maximum Gasteiger partial charge on any atom is 0.362 e. The summed E-state index contributed by atoms with van der Waals surface area (Å²) in [5.41, 5.74) is 3.94. The lowest BCUT2D eigenvalue weighted by Gasteiger charge is -2.11. The zero-order valence-corrected chi connectivity index (χ0v) is 13.2. The fraction of sp³-hybridized carbons (Fsp3) is 0.143. The predicted molar refractivity (Wildman–Crippen MR) is 84.6 cm³/mol. The van der Waals surface area contributed by atoms with E-state index in [0.29, 0.717) is 5.56 Å². The van der Waals surface area contributed by atoms with E-state index in [2.05, 4.69) is 9.97 Å². The Morgan fingerprint density at radius 2 is 2.00 bits per heavy atom. The van der Waals surface area contributed by atoms with Gasteiger partial charge in [0, 0.05) is 19.7 Å². The number of rotatable bonds is 5. The molecule has 11 heteroatoms. The Labute approximate surface area is 140 Å². The quantitative estimate of drug-likeness (QED) is 0.596. The number of aromatic nitrogens is 2. The number of hydrogen-bond acceptors (Lipinski definition) is 8. The summed E-state index contributed by atoms with van der Waals surface area (Å²) in [4.78, 5) is 41.4. The molecule has 0 saturated carbocycles. The van der Waals surface area contributed by atoms with E-state index in [-0.39, 0.29) is 11.7 Å². The Hall–Kier alpha value is -3.76. The molecule has 1 amide bonds. The van der Waals surface area contributed by atoms with Crippen molar-refractivity contribution in [3.8, 4) is 11.8 Å². The number of aromatic carboxylic acids is 1. The van der Waals surface area contributed by atoms with Gasteiger partial charge >= 0.3 is 17.7 Å². The monoisotopic (exact) mass is 347 g/mol. The Morgan fingerprint density at radius 3 is 2.56 bits per heavy atom. The molecule has 0 atom stereocenters. The molecule has 3 N–H and O–H groups in total. The van der Waals surface area contributed by atoms with E-state index in [9.17, 15) is 19.7 Å². The first-order valence-electron chi connectivity index (χ1n) is 6.75. The number of nitrogens with two attached hydrogens (primary N) is 1. The van der Waals surface area contributed by atoms with Crippen LogP contribution in [0.3, 0.4) is 0 Å². The molecular weight excluding hydrogens is 334 g/mol. The number of hydrogen-bond donors (Lipinski definition) is 2. The molecule has 0 radical (unpaired) electrons. The minimum atomic E-state index is -1.65. The van der Waals surface area contributed by atoms with Crippen LogP contribution in [0.2, 0.25) is 0 Å². The number of carbonyl (C=O) groups excluding carboxylic acids is 1. The van der Waals surface area contributed by atoms with Crippen LogP contribution in [0.5, 0.6) is 11.8 Å². The van der Waals surface area contributed by atoms with Gasteiger partial charge in [-0.05, 0) is 18.2 Å². The number of benzene rings is 1. The number of anilines is 1. The van der Waals surface area contributed by atoms with E-state index < -0.39 is 34.1 Å². The summed E-state index contributed by atoms with van der Waals surface area (Å²) in [5.74, 6) is -2.44. The van der Waals surface area contributed by atoms with Gasteiger partial charge in [0.25, 0.3) is 5.91 Å². The van der Waals surface area contributed by atoms with Crippen molar-refractivity contribution < 1.29 is 24.4 Å². The Balaban J connectivity index is 2.41. The molecule has 0 bridgehead atoms. The molecule has 0 saturated heterocycles. The number of nitrogen functional groups attached to an aromatic ring is 1. The van der Waals surface area contributed by atoms with Gasteiger partial charge in [0.05, 0.1) is 4.92 Å². The second-order valence-electron chi connectivity index (χ2n) is 4.98. The largest absolute Gasteiger partial charge is 0.476 e. The summed E-state index contributed by atoms with van der Waals surface area (Å²) < 4.78 is 5.30. The van der Waals surface area contributed by atoms with E-state index in [0.717, 1.165) is 0 Å². The number of nitro groups is 1. The summed E-state index contributed by atoms with van der Waals surface area (Å²) in [7, 11) is 3.16. The summed E-state index contributed by atoms with van der Waals surface area (Å²) in [6.45, 7) is 0. The molecule has 0 aliphatic carbocycles. The van der Waals surface area contributed by atoms with E-state index in [1.807, 2.05) is 0 Å². The van der Waals surface area contributed by atoms with Crippen LogP contribution in [0.1, 0.15) is 20.8 Å². The van der Waals surface area contributed by atoms with Crippen molar-refractivity contribution in [1.29, 1.82) is 0 Å². The van der Waals surface area contributed by atoms with Gasteiger partial charge in [0.1, 0.15) is 5.75 Å². The summed E-state index contributed by atoms with van der Waals surface area (Å²) in [5, 5.41) is 20.0. The minimum absolute atomic E-state index is 0.136. The number of carboxylic acids is 1. The van der Waals surface area contributed by atoms with Crippen molar-refractivity contribution in [1.82, 2.24) is 14.9 Å². The number of ether oxygens (including phenoxy) is 1. The molecule has 25 heavy (non-hydrogen) atoms. The van der Waals surface area contributed by atoms with E-state index in [1.165, 1.54) is 17.0 Å². The van der Waals surface area contributed by atoms with Gasteiger partial charge in [0.15, 0.2) is 0 Å². The van der Waals surface area contributed by atoms with Gasteiger partial charge in [-0.25, -0.2) is 4.79 Å². The van der Waals surface area contributed by atoms with E-state index in [1.54, 1.807) is 26.2 Å². The highest BCUT2D eigenvalue weighted by atomic mass is 16.6. The molecule has 0 aliphatic heterocycles. The number of nitrogens with zero attached hydrogens (tertiary/aromatic N) is 4. The second-order valence-corrected chi connectivity index (χ2v) is 4.98. The molecule has 1 heterocycles. The van der Waals surface area contributed by atoms with Gasteiger partial charge in [0.2, 0.25) is 11.5 Å². The molecule has 0 unspecified atom stereocenters. The zero-order valence-electron chi connectivity index (χ0n) is 13.2. The predicted octanol–water partition coefficient (Wildman–Crippen LogP) is 1.16. The summed E-state index contributed by atoms with van der Waals surface area (Å²) >= 11 is 0. The van der Waals surface area contributed by atoms with Crippen molar-refractivity contribution >= 4 is 23.4 Å².